The Morgan fingerprint density at radius 3 is 2.64 bits per heavy atom. The van der Waals surface area contributed by atoms with Gasteiger partial charge in [-0.05, 0) is 40.2 Å². The number of rotatable bonds is 14. The van der Waals surface area contributed by atoms with Gasteiger partial charge in [-0.3, -0.25) is 9.59 Å². The molecule has 11 heteroatoms. The number of hydrogen-bond acceptors (Lipinski definition) is 10. The largest absolute Gasteiger partial charge is 0.511 e. The second-order valence-electron chi connectivity index (χ2n) is 10.1. The molecule has 0 bridgehead atoms. The lowest BCUT2D eigenvalue weighted by Gasteiger charge is -2.19. The number of allylic oxidation sites excluding steroid dienone is 3. The van der Waals surface area contributed by atoms with Gasteiger partial charge in [0.1, 0.15) is 5.76 Å². The van der Waals surface area contributed by atoms with E-state index >= 15 is 0 Å². The van der Waals surface area contributed by atoms with E-state index in [1.807, 2.05) is 26.0 Å². The van der Waals surface area contributed by atoms with E-state index in [0.29, 0.717) is 71.3 Å². The highest BCUT2D eigenvalue weighted by Crippen LogP contribution is 2.18. The molecule has 0 radical (unpaired) electrons. The van der Waals surface area contributed by atoms with Gasteiger partial charge in [0, 0.05) is 48.9 Å². The van der Waals surface area contributed by atoms with Gasteiger partial charge in [-0.25, -0.2) is 0 Å². The molecule has 1 rings (SSSR count). The normalized spacial score (nSPS) is 21.2. The number of ether oxygens (including phenoxy) is 4. The minimum atomic E-state index is -0.305. The number of Topliss-reactive ketones (excluding diaryl/α,β-unsaturated/α-hetero) is 1. The Bertz CT molecular complexity index is 875. The molecular weight excluding hydrogens is 540 g/mol. The van der Waals surface area contributed by atoms with Crippen molar-refractivity contribution in [3.63, 3.8) is 0 Å². The number of carbonyl (C=O) groups excluding carboxylic acids is 2. The molecule has 1 aliphatic rings. The predicted octanol–water partition coefficient (Wildman–Crippen LogP) is 2.52. The van der Waals surface area contributed by atoms with Crippen LogP contribution in [-0.2, 0) is 28.5 Å². The molecule has 0 aliphatic carbocycles. The van der Waals surface area contributed by atoms with Crippen LogP contribution in [0.15, 0.2) is 48.0 Å². The number of aliphatic hydroxyl groups is 1. The van der Waals surface area contributed by atoms with Crippen LogP contribution in [0.4, 0.5) is 0 Å². The van der Waals surface area contributed by atoms with Gasteiger partial charge in [0.15, 0.2) is 5.78 Å². The summed E-state index contributed by atoms with van der Waals surface area (Å²) in [5, 5.41) is 21.8. The molecule has 1 amide bonds. The SMILES string of the molecule is C=C1COCCOCCN/C(COCCOCCNC(=O)CCC(NC)C(=C)O)=C(/C)C(=O)C(C=CC)CCCCN1. The molecule has 0 aromatic rings. The van der Waals surface area contributed by atoms with Crippen LogP contribution in [0.25, 0.3) is 0 Å². The van der Waals surface area contributed by atoms with Crippen molar-refractivity contribution in [1.29, 1.82) is 0 Å². The molecule has 0 aromatic heterocycles. The standard InChI is InChI=1S/C31H54N4O7/c1-6-9-27-10-7-8-13-33-24(2)22-41-20-18-39-16-14-34-29(25(3)31(27)38)23-42-21-19-40-17-15-35-30(37)12-11-28(32-5)26(4)36/h6,9,27-28,32-34,36H,2,4,7-8,10-23H2,1,3,5H3,(H,35,37)/b9-6?,29-25-. The molecule has 5 N–H and O–H groups in total. The molecule has 240 valence electrons. The number of aliphatic hydroxyl groups excluding tert-OH is 1. The van der Waals surface area contributed by atoms with E-state index < -0.39 is 0 Å². The highest BCUT2D eigenvalue weighted by molar-refractivity contribution is 5.98. The topological polar surface area (TPSA) is 139 Å². The Balaban J connectivity index is 2.55. The molecule has 1 aliphatic heterocycles. The summed E-state index contributed by atoms with van der Waals surface area (Å²) in [6.45, 7) is 16.1. The van der Waals surface area contributed by atoms with Crippen molar-refractivity contribution in [2.24, 2.45) is 5.92 Å². The molecule has 0 saturated carbocycles. The molecular formula is C31H54N4O7. The summed E-state index contributed by atoms with van der Waals surface area (Å²) in [6, 6.07) is -0.305. The van der Waals surface area contributed by atoms with Crippen LogP contribution in [0.2, 0.25) is 0 Å². The summed E-state index contributed by atoms with van der Waals surface area (Å²) >= 11 is 0. The molecule has 0 fully saturated rings. The van der Waals surface area contributed by atoms with Gasteiger partial charge in [-0.2, -0.15) is 0 Å². The smallest absolute Gasteiger partial charge is 0.220 e. The quantitative estimate of drug-likeness (QED) is 0.116. The third kappa shape index (κ3) is 17.3. The summed E-state index contributed by atoms with van der Waals surface area (Å²) < 4.78 is 22.7. The molecule has 0 spiro atoms. The number of carbonyl (C=O) groups is 2. The van der Waals surface area contributed by atoms with Crippen LogP contribution in [-0.4, -0.2) is 102 Å². The molecule has 1 heterocycles. The lowest BCUT2D eigenvalue weighted by molar-refractivity contribution is -0.121. The van der Waals surface area contributed by atoms with Crippen molar-refractivity contribution >= 4 is 11.7 Å². The Kier molecular flexibility index (Phi) is 21.2. The summed E-state index contributed by atoms with van der Waals surface area (Å²) in [6.07, 6.45) is 7.25. The Morgan fingerprint density at radius 2 is 1.90 bits per heavy atom. The minimum Gasteiger partial charge on any atom is -0.511 e. The van der Waals surface area contributed by atoms with Crippen molar-refractivity contribution in [1.82, 2.24) is 21.3 Å². The van der Waals surface area contributed by atoms with Crippen molar-refractivity contribution in [2.45, 2.75) is 52.0 Å². The van der Waals surface area contributed by atoms with E-state index in [1.54, 1.807) is 7.05 Å². The monoisotopic (exact) mass is 594 g/mol. The van der Waals surface area contributed by atoms with Gasteiger partial charge < -0.3 is 45.3 Å². The van der Waals surface area contributed by atoms with Crippen LogP contribution in [0.1, 0.15) is 46.0 Å². The lowest BCUT2D eigenvalue weighted by Crippen LogP contribution is -2.32. The zero-order valence-electron chi connectivity index (χ0n) is 25.9. The van der Waals surface area contributed by atoms with Crippen molar-refractivity contribution in [2.75, 3.05) is 79.5 Å². The van der Waals surface area contributed by atoms with Crippen molar-refractivity contribution < 1.29 is 33.6 Å². The summed E-state index contributed by atoms with van der Waals surface area (Å²) in [7, 11) is 1.71. The zero-order valence-corrected chi connectivity index (χ0v) is 25.9. The van der Waals surface area contributed by atoms with Gasteiger partial charge in [0.05, 0.1) is 58.9 Å². The number of amides is 1. The van der Waals surface area contributed by atoms with E-state index in [2.05, 4.69) is 34.4 Å². The molecule has 42 heavy (non-hydrogen) atoms. The fourth-order valence-corrected chi connectivity index (χ4v) is 4.26. The average Bonchev–Trinajstić information content (AvgIpc) is 2.96. The van der Waals surface area contributed by atoms with Crippen LogP contribution >= 0.6 is 0 Å². The fraction of sp³-hybridized carbons (Fsp3) is 0.677. The first-order chi connectivity index (χ1) is 20.3. The van der Waals surface area contributed by atoms with Gasteiger partial charge in [-0.15, -0.1) is 0 Å². The van der Waals surface area contributed by atoms with Crippen LogP contribution in [0, 0.1) is 5.92 Å². The van der Waals surface area contributed by atoms with E-state index in [9.17, 15) is 14.7 Å². The maximum atomic E-state index is 13.4. The highest BCUT2D eigenvalue weighted by Gasteiger charge is 2.20. The average molecular weight is 595 g/mol. The molecule has 0 saturated heterocycles. The maximum Gasteiger partial charge on any atom is 0.220 e. The number of nitrogens with one attached hydrogen (secondary N) is 4. The zero-order chi connectivity index (χ0) is 31.0. The Morgan fingerprint density at radius 1 is 1.14 bits per heavy atom. The summed E-state index contributed by atoms with van der Waals surface area (Å²) in [5.74, 6) is -0.207. The van der Waals surface area contributed by atoms with Gasteiger partial charge in [-0.1, -0.05) is 31.7 Å². The van der Waals surface area contributed by atoms with Gasteiger partial charge in [0.25, 0.3) is 0 Å². The fourth-order valence-electron chi connectivity index (χ4n) is 4.26. The van der Waals surface area contributed by atoms with Crippen LogP contribution in [0.3, 0.4) is 0 Å². The van der Waals surface area contributed by atoms with Crippen molar-refractivity contribution in [3.05, 3.63) is 48.0 Å². The Labute approximate surface area is 252 Å². The lowest BCUT2D eigenvalue weighted by atomic mass is 9.91. The highest BCUT2D eigenvalue weighted by atomic mass is 16.5. The maximum absolute atomic E-state index is 13.4. The van der Waals surface area contributed by atoms with E-state index in [4.69, 9.17) is 18.9 Å². The van der Waals surface area contributed by atoms with E-state index in [0.717, 1.165) is 37.2 Å². The summed E-state index contributed by atoms with van der Waals surface area (Å²) in [5.41, 5.74) is 2.24. The number of ketones is 1. The first-order valence-electron chi connectivity index (χ1n) is 14.9. The Hall–Kier alpha value is -2.70. The third-order valence-electron chi connectivity index (χ3n) is 6.73. The molecule has 0 aromatic carbocycles. The first-order valence-corrected chi connectivity index (χ1v) is 14.9. The second-order valence-corrected chi connectivity index (χ2v) is 10.1. The predicted molar refractivity (Wildman–Crippen MR) is 165 cm³/mol. The molecule has 2 atom stereocenters. The number of hydrogen-bond donors (Lipinski definition) is 5. The minimum absolute atomic E-state index is 0.0175. The van der Waals surface area contributed by atoms with E-state index in [-0.39, 0.29) is 42.4 Å². The van der Waals surface area contributed by atoms with Crippen LogP contribution < -0.4 is 21.3 Å². The van der Waals surface area contributed by atoms with Gasteiger partial charge >= 0.3 is 0 Å². The van der Waals surface area contributed by atoms with E-state index in [1.165, 1.54) is 0 Å². The van der Waals surface area contributed by atoms with Gasteiger partial charge in [0.2, 0.25) is 5.91 Å². The number of likely N-dealkylation sites (N-methyl/N-ethyl adjacent to an activating group) is 1. The second kappa shape index (κ2) is 23.8. The first kappa shape index (κ1) is 37.3. The van der Waals surface area contributed by atoms with Crippen LogP contribution in [0.5, 0.6) is 0 Å². The summed E-state index contributed by atoms with van der Waals surface area (Å²) in [4.78, 5) is 25.4. The third-order valence-corrected chi connectivity index (χ3v) is 6.73. The molecule has 2 unspecified atom stereocenters. The van der Waals surface area contributed by atoms with Crippen molar-refractivity contribution in [3.8, 4) is 0 Å². The molecule has 11 nitrogen and oxygen atoms in total.